The Morgan fingerprint density at radius 1 is 0.944 bits per heavy atom. The average Bonchev–Trinajstić information content (AvgIpc) is 2.92. The minimum atomic E-state index is -0.517. The fourth-order valence-corrected chi connectivity index (χ4v) is 4.33. The zero-order chi connectivity index (χ0) is 25.8. The topological polar surface area (TPSA) is 82.9 Å². The van der Waals surface area contributed by atoms with Gasteiger partial charge in [-0.25, -0.2) is 4.98 Å². The molecule has 0 aliphatic rings. The number of hydrogen-bond donors (Lipinski definition) is 0. The monoisotopic (exact) mass is 487 g/mol. The van der Waals surface area contributed by atoms with Crippen molar-refractivity contribution in [3.05, 3.63) is 88.5 Å². The highest BCUT2D eigenvalue weighted by Crippen LogP contribution is 2.31. The third-order valence-corrected chi connectivity index (χ3v) is 6.20. The lowest BCUT2D eigenvalue weighted by atomic mass is 10.1. The molecule has 0 bridgehead atoms. The maximum atomic E-state index is 13.8. The Balaban J connectivity index is 1.91. The predicted octanol–water partition coefficient (Wildman–Crippen LogP) is 4.63. The van der Waals surface area contributed by atoms with Crippen LogP contribution in [0.1, 0.15) is 35.6 Å². The van der Waals surface area contributed by atoms with E-state index in [2.05, 4.69) is 0 Å². The number of carbonyl (C=O) groups is 1. The molecule has 0 aliphatic carbocycles. The van der Waals surface area contributed by atoms with Gasteiger partial charge in [-0.2, -0.15) is 0 Å². The number of carbonyl (C=O) groups excluding carboxylic acids is 1. The molecule has 3 aromatic carbocycles. The molecule has 0 radical (unpaired) electrons. The maximum Gasteiger partial charge on any atom is 0.266 e. The summed E-state index contributed by atoms with van der Waals surface area (Å²) in [5.41, 5.74) is 1.29. The molecule has 8 nitrogen and oxygen atoms in total. The van der Waals surface area contributed by atoms with Crippen molar-refractivity contribution < 1.29 is 19.0 Å². The molecule has 186 valence electrons. The van der Waals surface area contributed by atoms with Crippen LogP contribution in [0.25, 0.3) is 16.6 Å². The van der Waals surface area contributed by atoms with Crippen molar-refractivity contribution >= 4 is 16.8 Å². The molecule has 1 amide bonds. The van der Waals surface area contributed by atoms with Crippen LogP contribution in [0.3, 0.4) is 0 Å². The number of benzene rings is 3. The van der Waals surface area contributed by atoms with Gasteiger partial charge in [0.15, 0.2) is 0 Å². The van der Waals surface area contributed by atoms with Crippen molar-refractivity contribution in [2.24, 2.45) is 0 Å². The minimum Gasteiger partial charge on any atom is -0.497 e. The molecule has 0 aliphatic heterocycles. The minimum absolute atomic E-state index is 0.234. The molecular weight excluding hydrogens is 458 g/mol. The van der Waals surface area contributed by atoms with Gasteiger partial charge in [0, 0.05) is 18.7 Å². The standard InChI is InChI=1S/C28H29N3O5/c1-6-23(30(2)27(32)18-15-19(34-3)17-20(16-18)35-4)26-29-22-12-8-7-11-21(22)28(33)31(26)24-13-9-10-14-25(24)36-5/h7-17,23H,6H2,1-5H3. The van der Waals surface area contributed by atoms with E-state index >= 15 is 0 Å². The van der Waals surface area contributed by atoms with E-state index in [1.807, 2.05) is 31.2 Å². The van der Waals surface area contributed by atoms with Crippen LogP contribution < -0.4 is 19.8 Å². The van der Waals surface area contributed by atoms with Crippen molar-refractivity contribution in [3.8, 4) is 22.9 Å². The van der Waals surface area contributed by atoms with Crippen LogP contribution >= 0.6 is 0 Å². The van der Waals surface area contributed by atoms with Crippen molar-refractivity contribution in [3.63, 3.8) is 0 Å². The van der Waals surface area contributed by atoms with Gasteiger partial charge in [0.2, 0.25) is 0 Å². The van der Waals surface area contributed by atoms with E-state index in [0.29, 0.717) is 51.6 Å². The molecule has 0 saturated heterocycles. The first-order valence-electron chi connectivity index (χ1n) is 11.6. The first-order chi connectivity index (χ1) is 17.4. The van der Waals surface area contributed by atoms with Crippen LogP contribution in [0.2, 0.25) is 0 Å². The summed E-state index contributed by atoms with van der Waals surface area (Å²) in [6.45, 7) is 1.95. The highest BCUT2D eigenvalue weighted by molar-refractivity contribution is 5.95. The second-order valence-electron chi connectivity index (χ2n) is 8.24. The van der Waals surface area contributed by atoms with Crippen molar-refractivity contribution in [2.45, 2.75) is 19.4 Å². The molecule has 0 N–H and O–H groups in total. The third kappa shape index (κ3) is 4.49. The van der Waals surface area contributed by atoms with Crippen LogP contribution in [0.4, 0.5) is 0 Å². The Morgan fingerprint density at radius 2 is 1.58 bits per heavy atom. The second kappa shape index (κ2) is 10.5. The maximum absolute atomic E-state index is 13.8. The lowest BCUT2D eigenvalue weighted by molar-refractivity contribution is 0.0716. The lowest BCUT2D eigenvalue weighted by Gasteiger charge is -2.29. The Bertz CT molecular complexity index is 1440. The summed E-state index contributed by atoms with van der Waals surface area (Å²) in [5.74, 6) is 1.73. The van der Waals surface area contributed by atoms with Crippen molar-refractivity contribution in [1.29, 1.82) is 0 Å². The number of amides is 1. The Morgan fingerprint density at radius 3 is 2.22 bits per heavy atom. The SMILES string of the molecule is CCC(c1nc2ccccc2c(=O)n1-c1ccccc1OC)N(C)C(=O)c1cc(OC)cc(OC)c1. The largest absolute Gasteiger partial charge is 0.497 e. The van der Waals surface area contributed by atoms with Crippen LogP contribution in [0, 0.1) is 0 Å². The molecule has 4 aromatic rings. The summed E-state index contributed by atoms with van der Waals surface area (Å²) in [5, 5.41) is 0.480. The molecule has 1 atom stereocenters. The summed E-state index contributed by atoms with van der Waals surface area (Å²) in [6.07, 6.45) is 0.517. The summed E-state index contributed by atoms with van der Waals surface area (Å²) in [7, 11) is 6.33. The van der Waals surface area contributed by atoms with Crippen molar-refractivity contribution in [2.75, 3.05) is 28.4 Å². The van der Waals surface area contributed by atoms with Gasteiger partial charge in [-0.15, -0.1) is 0 Å². The number of methoxy groups -OCH3 is 3. The zero-order valence-corrected chi connectivity index (χ0v) is 21.0. The van der Waals surface area contributed by atoms with E-state index in [0.717, 1.165) is 0 Å². The van der Waals surface area contributed by atoms with Crippen LogP contribution in [0.5, 0.6) is 17.2 Å². The number of rotatable bonds is 8. The van der Waals surface area contributed by atoms with Gasteiger partial charge in [-0.3, -0.25) is 14.2 Å². The summed E-state index contributed by atoms with van der Waals surface area (Å²) in [6, 6.07) is 19.0. The van der Waals surface area contributed by atoms with E-state index < -0.39 is 6.04 Å². The second-order valence-corrected chi connectivity index (χ2v) is 8.24. The normalized spacial score (nSPS) is 11.7. The van der Waals surface area contributed by atoms with Crippen LogP contribution in [0.15, 0.2) is 71.5 Å². The molecule has 1 aromatic heterocycles. The van der Waals surface area contributed by atoms with E-state index in [4.69, 9.17) is 19.2 Å². The first kappa shape index (κ1) is 24.8. The predicted molar refractivity (Wildman–Crippen MR) is 139 cm³/mol. The van der Waals surface area contributed by atoms with E-state index in [1.165, 1.54) is 14.2 Å². The quantitative estimate of drug-likeness (QED) is 0.360. The smallest absolute Gasteiger partial charge is 0.266 e. The molecule has 0 spiro atoms. The fourth-order valence-electron chi connectivity index (χ4n) is 4.33. The molecule has 0 saturated carbocycles. The Labute approximate surface area is 209 Å². The number of para-hydroxylation sites is 3. The van der Waals surface area contributed by atoms with Gasteiger partial charge in [-0.05, 0) is 42.8 Å². The Kier molecular flexibility index (Phi) is 7.24. The first-order valence-corrected chi connectivity index (χ1v) is 11.6. The molecule has 4 rings (SSSR count). The highest BCUT2D eigenvalue weighted by Gasteiger charge is 2.28. The van der Waals surface area contributed by atoms with E-state index in [9.17, 15) is 9.59 Å². The number of nitrogens with zero attached hydrogens (tertiary/aromatic N) is 3. The summed E-state index contributed by atoms with van der Waals surface area (Å²) in [4.78, 5) is 33.9. The zero-order valence-electron chi connectivity index (χ0n) is 21.0. The lowest BCUT2D eigenvalue weighted by Crippen LogP contribution is -2.36. The highest BCUT2D eigenvalue weighted by atomic mass is 16.5. The van der Waals surface area contributed by atoms with Gasteiger partial charge in [0.05, 0.1) is 44.0 Å². The van der Waals surface area contributed by atoms with Crippen LogP contribution in [-0.4, -0.2) is 48.7 Å². The van der Waals surface area contributed by atoms with Gasteiger partial charge in [0.25, 0.3) is 11.5 Å². The van der Waals surface area contributed by atoms with Gasteiger partial charge < -0.3 is 19.1 Å². The van der Waals surface area contributed by atoms with Gasteiger partial charge in [0.1, 0.15) is 23.1 Å². The summed E-state index contributed by atoms with van der Waals surface area (Å²) >= 11 is 0. The number of ether oxygens (including phenoxy) is 3. The molecule has 0 fully saturated rings. The number of aromatic nitrogens is 2. The molecular formula is C28H29N3O5. The number of hydrogen-bond acceptors (Lipinski definition) is 6. The van der Waals surface area contributed by atoms with E-state index in [-0.39, 0.29) is 11.5 Å². The van der Waals surface area contributed by atoms with Crippen LogP contribution in [-0.2, 0) is 0 Å². The van der Waals surface area contributed by atoms with Gasteiger partial charge in [-0.1, -0.05) is 31.2 Å². The Hall–Kier alpha value is -4.33. The van der Waals surface area contributed by atoms with Crippen molar-refractivity contribution in [1.82, 2.24) is 14.5 Å². The molecule has 1 heterocycles. The fraction of sp³-hybridized carbons (Fsp3) is 0.250. The summed E-state index contributed by atoms with van der Waals surface area (Å²) < 4.78 is 17.8. The average molecular weight is 488 g/mol. The molecule has 1 unspecified atom stereocenters. The van der Waals surface area contributed by atoms with Gasteiger partial charge >= 0.3 is 0 Å². The molecule has 8 heteroatoms. The third-order valence-electron chi connectivity index (χ3n) is 6.20. The van der Waals surface area contributed by atoms with E-state index in [1.54, 1.807) is 66.1 Å². The molecule has 36 heavy (non-hydrogen) atoms. The number of fused-ring (bicyclic) bond motifs is 1.